The lowest BCUT2D eigenvalue weighted by atomic mass is 10.0. The number of anilines is 1. The molecule has 0 aliphatic carbocycles. The van der Waals surface area contributed by atoms with Crippen LogP contribution < -0.4 is 4.90 Å². The van der Waals surface area contributed by atoms with Gasteiger partial charge in [0.2, 0.25) is 0 Å². The van der Waals surface area contributed by atoms with Gasteiger partial charge in [0.25, 0.3) is 0 Å². The van der Waals surface area contributed by atoms with Gasteiger partial charge in [-0.15, -0.1) is 0 Å². The molecule has 0 spiro atoms. The molecule has 6 heteroatoms. The fraction of sp³-hybridized carbons (Fsp3) is 0.345. The van der Waals surface area contributed by atoms with Crippen LogP contribution in [0, 0.1) is 0 Å². The van der Waals surface area contributed by atoms with Gasteiger partial charge in [0, 0.05) is 35.5 Å². The van der Waals surface area contributed by atoms with Crippen molar-refractivity contribution in [2.24, 2.45) is 0 Å². The van der Waals surface area contributed by atoms with E-state index in [1.165, 1.54) is 0 Å². The predicted molar refractivity (Wildman–Crippen MR) is 139 cm³/mol. The first-order chi connectivity index (χ1) is 17.3. The Labute approximate surface area is 206 Å². The highest BCUT2D eigenvalue weighted by molar-refractivity contribution is 5.86. The van der Waals surface area contributed by atoms with Gasteiger partial charge in [0.1, 0.15) is 5.82 Å². The first-order valence-corrected chi connectivity index (χ1v) is 12.5. The number of hydrogen-bond donors (Lipinski definition) is 1. The van der Waals surface area contributed by atoms with Crippen molar-refractivity contribution in [1.82, 2.24) is 9.61 Å². The summed E-state index contributed by atoms with van der Waals surface area (Å²) in [6, 6.07) is 22.8. The quantitative estimate of drug-likeness (QED) is 0.372. The molecule has 1 fully saturated rings. The average Bonchev–Trinajstić information content (AvgIpc) is 3.22. The van der Waals surface area contributed by atoms with Crippen molar-refractivity contribution in [3.63, 3.8) is 0 Å². The zero-order valence-electron chi connectivity index (χ0n) is 20.3. The molecular weight excluding hydrogens is 438 g/mol. The molecule has 0 amide bonds. The molecule has 5 rings (SSSR count). The van der Waals surface area contributed by atoms with Gasteiger partial charge in [-0.3, -0.25) is 0 Å². The second-order valence-electron chi connectivity index (χ2n) is 8.93. The number of benzene rings is 2. The van der Waals surface area contributed by atoms with Crippen LogP contribution >= 0.6 is 0 Å². The minimum atomic E-state index is -0.0379. The highest BCUT2D eigenvalue weighted by atomic mass is 16.5. The lowest BCUT2D eigenvalue weighted by molar-refractivity contribution is 0.106. The van der Waals surface area contributed by atoms with Crippen molar-refractivity contribution in [2.75, 3.05) is 31.2 Å². The van der Waals surface area contributed by atoms with Crippen molar-refractivity contribution >= 4 is 11.3 Å². The van der Waals surface area contributed by atoms with Crippen LogP contribution in [0.5, 0.6) is 0 Å². The van der Waals surface area contributed by atoms with E-state index >= 15 is 0 Å². The Morgan fingerprint density at radius 3 is 2.34 bits per heavy atom. The molecule has 0 bridgehead atoms. The third-order valence-electron chi connectivity index (χ3n) is 6.62. The third-order valence-corrected chi connectivity index (χ3v) is 6.62. The summed E-state index contributed by atoms with van der Waals surface area (Å²) in [6.45, 7) is 6.10. The highest BCUT2D eigenvalue weighted by Gasteiger charge is 2.24. The van der Waals surface area contributed by atoms with Crippen LogP contribution in [0.3, 0.4) is 0 Å². The average molecular weight is 472 g/mol. The van der Waals surface area contributed by atoms with Crippen LogP contribution in [0.1, 0.15) is 35.7 Å². The zero-order valence-corrected chi connectivity index (χ0v) is 20.3. The van der Waals surface area contributed by atoms with Crippen LogP contribution in [0.4, 0.5) is 5.82 Å². The normalized spacial score (nSPS) is 14.1. The Morgan fingerprint density at radius 1 is 0.943 bits per heavy atom. The van der Waals surface area contributed by atoms with E-state index in [2.05, 4.69) is 58.8 Å². The lowest BCUT2D eigenvalue weighted by Gasteiger charge is -2.28. The Bertz CT molecular complexity index is 1250. The summed E-state index contributed by atoms with van der Waals surface area (Å²) < 4.78 is 13.9. The van der Waals surface area contributed by atoms with Gasteiger partial charge < -0.3 is 19.5 Å². The number of nitrogens with zero attached hydrogens (tertiary/aromatic N) is 3. The van der Waals surface area contributed by atoms with Gasteiger partial charge in [-0.2, -0.15) is 5.10 Å². The van der Waals surface area contributed by atoms with Crippen LogP contribution in [-0.2, 0) is 35.7 Å². The second-order valence-corrected chi connectivity index (χ2v) is 8.93. The van der Waals surface area contributed by atoms with Gasteiger partial charge in [0.15, 0.2) is 0 Å². The number of hydrogen-bond acceptors (Lipinski definition) is 5. The van der Waals surface area contributed by atoms with E-state index in [9.17, 15) is 5.11 Å². The Kier molecular flexibility index (Phi) is 7.42. The number of fused-ring (bicyclic) bond motifs is 1. The van der Waals surface area contributed by atoms with Crippen molar-refractivity contribution in [1.29, 1.82) is 0 Å². The van der Waals surface area contributed by atoms with Crippen molar-refractivity contribution in [3.05, 3.63) is 89.1 Å². The molecule has 2 aromatic carbocycles. The minimum Gasteiger partial charge on any atom is -0.392 e. The smallest absolute Gasteiger partial charge is 0.150 e. The van der Waals surface area contributed by atoms with Gasteiger partial charge >= 0.3 is 0 Å². The van der Waals surface area contributed by atoms with E-state index in [0.717, 1.165) is 70.8 Å². The molecule has 1 saturated heterocycles. The second kappa shape index (κ2) is 11.0. The minimum absolute atomic E-state index is 0.0379. The first kappa shape index (κ1) is 23.5. The standard InChI is InChI=1S/C29H33N3O3/c1-2-9-27-25(19-33)26(21-35-20-22-10-5-3-6-11-22)29-24(23-12-7-4-8-13-23)18-28(30-32(27)29)31-14-16-34-17-15-31/h3-8,10-13,18,33H,2,9,14-17,19-21H2,1H3. The molecule has 182 valence electrons. The van der Waals surface area contributed by atoms with E-state index in [1.54, 1.807) is 0 Å². The van der Waals surface area contributed by atoms with E-state index in [-0.39, 0.29) is 6.61 Å². The van der Waals surface area contributed by atoms with Crippen molar-refractivity contribution in [3.8, 4) is 11.1 Å². The molecule has 0 unspecified atom stereocenters. The Hall–Kier alpha value is -3.19. The summed E-state index contributed by atoms with van der Waals surface area (Å²) in [5, 5.41) is 15.6. The summed E-state index contributed by atoms with van der Waals surface area (Å²) >= 11 is 0. The third kappa shape index (κ3) is 4.96. The SMILES string of the molecule is CCCc1c(CO)c(COCc2ccccc2)c2c(-c3ccccc3)cc(N3CCOCC3)nn12. The van der Waals surface area contributed by atoms with Crippen LogP contribution in [0.2, 0.25) is 0 Å². The van der Waals surface area contributed by atoms with E-state index in [1.807, 2.05) is 24.3 Å². The summed E-state index contributed by atoms with van der Waals surface area (Å²) in [5.41, 5.74) is 7.41. The molecular formula is C29H33N3O3. The van der Waals surface area contributed by atoms with Gasteiger partial charge in [-0.05, 0) is 23.6 Å². The summed E-state index contributed by atoms with van der Waals surface area (Å²) in [5.74, 6) is 0.938. The molecule has 0 saturated carbocycles. The number of morpholine rings is 1. The van der Waals surface area contributed by atoms with Crippen molar-refractivity contribution in [2.45, 2.75) is 39.6 Å². The molecule has 3 heterocycles. The van der Waals surface area contributed by atoms with Crippen molar-refractivity contribution < 1.29 is 14.6 Å². The van der Waals surface area contributed by atoms with Crippen LogP contribution in [0.15, 0.2) is 66.7 Å². The number of aromatic nitrogens is 2. The Morgan fingerprint density at radius 2 is 1.66 bits per heavy atom. The van der Waals surface area contributed by atoms with Gasteiger partial charge in [-0.1, -0.05) is 74.0 Å². The van der Waals surface area contributed by atoms with E-state index < -0.39 is 0 Å². The Balaban J connectivity index is 1.65. The largest absolute Gasteiger partial charge is 0.392 e. The zero-order chi connectivity index (χ0) is 24.0. The van der Waals surface area contributed by atoms with Gasteiger partial charge in [0.05, 0.1) is 38.6 Å². The fourth-order valence-electron chi connectivity index (χ4n) is 4.89. The molecule has 1 N–H and O–H groups in total. The van der Waals surface area contributed by atoms with Gasteiger partial charge in [-0.25, -0.2) is 4.52 Å². The van der Waals surface area contributed by atoms with Crippen LogP contribution in [-0.4, -0.2) is 41.0 Å². The summed E-state index contributed by atoms with van der Waals surface area (Å²) in [6.07, 6.45) is 1.80. The predicted octanol–water partition coefficient (Wildman–Crippen LogP) is 5.00. The van der Waals surface area contributed by atoms with E-state index in [0.29, 0.717) is 26.4 Å². The number of aliphatic hydroxyl groups excluding tert-OH is 1. The van der Waals surface area contributed by atoms with E-state index in [4.69, 9.17) is 14.6 Å². The number of rotatable bonds is 9. The summed E-state index contributed by atoms with van der Waals surface area (Å²) in [4.78, 5) is 2.29. The molecule has 0 radical (unpaired) electrons. The maximum atomic E-state index is 10.5. The monoisotopic (exact) mass is 471 g/mol. The molecule has 1 aliphatic rings. The summed E-state index contributed by atoms with van der Waals surface area (Å²) in [7, 11) is 0. The highest BCUT2D eigenvalue weighted by Crippen LogP contribution is 2.35. The maximum Gasteiger partial charge on any atom is 0.150 e. The molecule has 4 aromatic rings. The number of ether oxygens (including phenoxy) is 2. The number of aryl methyl sites for hydroxylation is 1. The molecule has 2 aromatic heterocycles. The number of aliphatic hydroxyl groups is 1. The fourth-order valence-corrected chi connectivity index (χ4v) is 4.89. The maximum absolute atomic E-state index is 10.5. The first-order valence-electron chi connectivity index (χ1n) is 12.5. The molecule has 1 aliphatic heterocycles. The topological polar surface area (TPSA) is 59.2 Å². The molecule has 35 heavy (non-hydrogen) atoms. The molecule has 0 atom stereocenters. The van der Waals surface area contributed by atoms with Crippen LogP contribution in [0.25, 0.3) is 16.6 Å². The lowest BCUT2D eigenvalue weighted by Crippen LogP contribution is -2.37. The molecule has 6 nitrogen and oxygen atoms in total.